The molecule has 0 bridgehead atoms. The van der Waals surface area contributed by atoms with E-state index in [1.807, 2.05) is 60.0 Å². The molecule has 0 spiro atoms. The van der Waals surface area contributed by atoms with E-state index in [-0.39, 0.29) is 17.5 Å². The van der Waals surface area contributed by atoms with Crippen molar-refractivity contribution in [2.24, 2.45) is 0 Å². The van der Waals surface area contributed by atoms with Crippen LogP contribution in [0.5, 0.6) is 5.75 Å². The lowest BCUT2D eigenvalue weighted by molar-refractivity contribution is -0.127. The lowest BCUT2D eigenvalue weighted by Gasteiger charge is -2.17. The molecule has 0 aliphatic rings. The summed E-state index contributed by atoms with van der Waals surface area (Å²) in [4.78, 5) is 14.4. The zero-order valence-electron chi connectivity index (χ0n) is 19.2. The first-order valence-corrected chi connectivity index (χ1v) is 11.7. The second-order valence-corrected chi connectivity index (χ2v) is 8.78. The first kappa shape index (κ1) is 23.5. The highest BCUT2D eigenvalue weighted by atomic mass is 32.2. The van der Waals surface area contributed by atoms with Crippen molar-refractivity contribution in [1.29, 1.82) is 0 Å². The minimum Gasteiger partial charge on any atom is -0.496 e. The Balaban J connectivity index is 1.59. The average Bonchev–Trinajstić information content (AvgIpc) is 3.28. The van der Waals surface area contributed by atoms with Gasteiger partial charge in [0.05, 0.1) is 18.4 Å². The van der Waals surface area contributed by atoms with Crippen LogP contribution in [0.15, 0.2) is 78.0 Å². The van der Waals surface area contributed by atoms with Crippen molar-refractivity contribution in [1.82, 2.24) is 19.7 Å². The molecule has 1 amide bonds. The van der Waals surface area contributed by atoms with Gasteiger partial charge in [-0.1, -0.05) is 53.7 Å². The van der Waals surface area contributed by atoms with Gasteiger partial charge in [-0.15, -0.1) is 10.2 Å². The van der Waals surface area contributed by atoms with Crippen molar-refractivity contribution < 1.29 is 13.9 Å². The van der Waals surface area contributed by atoms with Gasteiger partial charge in [-0.05, 0) is 48.9 Å². The van der Waals surface area contributed by atoms with Crippen molar-refractivity contribution in [2.75, 3.05) is 19.9 Å². The number of para-hydroxylation sites is 1. The predicted octanol–water partition coefficient (Wildman–Crippen LogP) is 5.14. The van der Waals surface area contributed by atoms with E-state index in [1.54, 1.807) is 31.2 Å². The minimum atomic E-state index is -0.297. The van der Waals surface area contributed by atoms with Crippen LogP contribution in [0.1, 0.15) is 11.1 Å². The molecule has 8 heteroatoms. The van der Waals surface area contributed by atoms with Crippen molar-refractivity contribution in [3.8, 4) is 22.8 Å². The summed E-state index contributed by atoms with van der Waals surface area (Å²) in [5, 5.41) is 9.45. The number of nitrogens with zero attached hydrogens (tertiary/aromatic N) is 4. The number of thioether (sulfide) groups is 1. The zero-order valence-corrected chi connectivity index (χ0v) is 20.1. The van der Waals surface area contributed by atoms with Crippen molar-refractivity contribution in [3.05, 3.63) is 89.7 Å². The summed E-state index contributed by atoms with van der Waals surface area (Å²) in [5.74, 6) is 1.15. The molecule has 0 N–H and O–H groups in total. The lowest BCUT2D eigenvalue weighted by atomic mass is 10.1. The van der Waals surface area contributed by atoms with E-state index >= 15 is 0 Å². The molecule has 0 unspecified atom stereocenters. The van der Waals surface area contributed by atoms with Crippen LogP contribution >= 0.6 is 11.8 Å². The van der Waals surface area contributed by atoms with Gasteiger partial charge >= 0.3 is 0 Å². The van der Waals surface area contributed by atoms with Crippen LogP contribution in [0.3, 0.4) is 0 Å². The summed E-state index contributed by atoms with van der Waals surface area (Å²) in [6.07, 6.45) is 0. The fourth-order valence-corrected chi connectivity index (χ4v) is 4.37. The van der Waals surface area contributed by atoms with Gasteiger partial charge in [-0.3, -0.25) is 9.36 Å². The SMILES string of the molecule is COc1ccccc1-c1nnc(SCC(=O)N(C)Cc2ccc(F)cc2)n1-c1ccc(C)cc1. The molecule has 4 rings (SSSR count). The Morgan fingerprint density at radius 3 is 2.44 bits per heavy atom. The summed E-state index contributed by atoms with van der Waals surface area (Å²) in [6.45, 7) is 2.43. The molecule has 0 aliphatic carbocycles. The Bertz CT molecular complexity index is 1270. The van der Waals surface area contributed by atoms with Gasteiger partial charge in [0.25, 0.3) is 0 Å². The first-order chi connectivity index (χ1) is 16.5. The van der Waals surface area contributed by atoms with Gasteiger partial charge in [0.2, 0.25) is 5.91 Å². The fraction of sp³-hybridized carbons (Fsp3) is 0.192. The Morgan fingerprint density at radius 1 is 1.03 bits per heavy atom. The average molecular weight is 477 g/mol. The Morgan fingerprint density at radius 2 is 1.74 bits per heavy atom. The maximum absolute atomic E-state index is 13.2. The highest BCUT2D eigenvalue weighted by molar-refractivity contribution is 7.99. The number of halogens is 1. The molecule has 1 aromatic heterocycles. The number of aromatic nitrogens is 3. The Labute approximate surface area is 202 Å². The molecule has 1 heterocycles. The van der Waals surface area contributed by atoms with Gasteiger partial charge < -0.3 is 9.64 Å². The van der Waals surface area contributed by atoms with Gasteiger partial charge in [-0.2, -0.15) is 0 Å². The molecular weight excluding hydrogens is 451 g/mol. The summed E-state index contributed by atoms with van der Waals surface area (Å²) >= 11 is 1.32. The third-order valence-corrected chi connectivity index (χ3v) is 6.27. The normalized spacial score (nSPS) is 10.8. The van der Waals surface area contributed by atoms with E-state index in [0.29, 0.717) is 23.3 Å². The summed E-state index contributed by atoms with van der Waals surface area (Å²) < 4.78 is 20.6. The summed E-state index contributed by atoms with van der Waals surface area (Å²) in [5.41, 5.74) is 3.71. The number of carbonyl (C=O) groups excluding carboxylic acids is 1. The summed E-state index contributed by atoms with van der Waals surface area (Å²) in [7, 11) is 3.36. The van der Waals surface area contributed by atoms with Crippen LogP contribution in [0.4, 0.5) is 4.39 Å². The van der Waals surface area contributed by atoms with Gasteiger partial charge in [-0.25, -0.2) is 4.39 Å². The maximum Gasteiger partial charge on any atom is 0.233 e. The van der Waals surface area contributed by atoms with E-state index in [4.69, 9.17) is 4.74 Å². The van der Waals surface area contributed by atoms with Crippen LogP contribution < -0.4 is 4.74 Å². The quantitative estimate of drug-likeness (QED) is 0.330. The molecule has 0 saturated carbocycles. The molecule has 3 aromatic carbocycles. The van der Waals surface area contributed by atoms with Gasteiger partial charge in [0.15, 0.2) is 11.0 Å². The van der Waals surface area contributed by atoms with E-state index in [1.165, 1.54) is 23.9 Å². The molecule has 174 valence electrons. The van der Waals surface area contributed by atoms with Crippen LogP contribution in [-0.2, 0) is 11.3 Å². The number of aryl methyl sites for hydroxylation is 1. The maximum atomic E-state index is 13.2. The monoisotopic (exact) mass is 476 g/mol. The largest absolute Gasteiger partial charge is 0.496 e. The molecule has 6 nitrogen and oxygen atoms in total. The highest BCUT2D eigenvalue weighted by Crippen LogP contribution is 2.33. The summed E-state index contributed by atoms with van der Waals surface area (Å²) in [6, 6.07) is 21.8. The van der Waals surface area contributed by atoms with Crippen molar-refractivity contribution >= 4 is 17.7 Å². The zero-order chi connectivity index (χ0) is 24.1. The van der Waals surface area contributed by atoms with Crippen LogP contribution in [0.2, 0.25) is 0 Å². The first-order valence-electron chi connectivity index (χ1n) is 10.7. The molecule has 0 fully saturated rings. The topological polar surface area (TPSA) is 60.3 Å². The molecule has 0 aliphatic heterocycles. The second-order valence-electron chi connectivity index (χ2n) is 7.84. The number of hydrogen-bond donors (Lipinski definition) is 0. The second kappa shape index (κ2) is 10.5. The highest BCUT2D eigenvalue weighted by Gasteiger charge is 2.20. The Hall–Kier alpha value is -3.65. The number of methoxy groups -OCH3 is 1. The van der Waals surface area contributed by atoms with E-state index in [0.717, 1.165) is 22.4 Å². The minimum absolute atomic E-state index is 0.0633. The predicted molar refractivity (Wildman–Crippen MR) is 132 cm³/mol. The van der Waals surface area contributed by atoms with Crippen LogP contribution in [0, 0.1) is 12.7 Å². The number of hydrogen-bond acceptors (Lipinski definition) is 5. The lowest BCUT2D eigenvalue weighted by Crippen LogP contribution is -2.27. The van der Waals surface area contributed by atoms with Gasteiger partial charge in [0.1, 0.15) is 11.6 Å². The van der Waals surface area contributed by atoms with E-state index in [2.05, 4.69) is 10.2 Å². The molecule has 0 atom stereocenters. The standard InChI is InChI=1S/C26H25FN4O2S/c1-18-8-14-21(15-9-18)31-25(22-6-4-5-7-23(22)33-3)28-29-26(31)34-17-24(32)30(2)16-19-10-12-20(27)13-11-19/h4-15H,16-17H2,1-3H3. The number of carbonyl (C=O) groups is 1. The molecule has 4 aromatic rings. The molecule has 0 radical (unpaired) electrons. The number of benzene rings is 3. The van der Waals surface area contributed by atoms with E-state index < -0.39 is 0 Å². The van der Waals surface area contributed by atoms with E-state index in [9.17, 15) is 9.18 Å². The third-order valence-electron chi connectivity index (χ3n) is 5.36. The number of ether oxygens (including phenoxy) is 1. The van der Waals surface area contributed by atoms with Crippen molar-refractivity contribution in [2.45, 2.75) is 18.6 Å². The number of rotatable bonds is 8. The molecule has 0 saturated heterocycles. The fourth-order valence-electron chi connectivity index (χ4n) is 3.48. The van der Waals surface area contributed by atoms with Crippen LogP contribution in [-0.4, -0.2) is 45.5 Å². The van der Waals surface area contributed by atoms with Gasteiger partial charge in [0, 0.05) is 19.3 Å². The van der Waals surface area contributed by atoms with Crippen molar-refractivity contribution in [3.63, 3.8) is 0 Å². The molecular formula is C26H25FN4O2S. The van der Waals surface area contributed by atoms with Crippen LogP contribution in [0.25, 0.3) is 17.1 Å². The third kappa shape index (κ3) is 5.28. The smallest absolute Gasteiger partial charge is 0.233 e. The number of amides is 1. The Kier molecular flexibility index (Phi) is 7.27. The molecule has 34 heavy (non-hydrogen) atoms.